The fraction of sp³-hybridized carbons (Fsp3) is 0. The molecule has 0 saturated heterocycles. The Bertz CT molecular complexity index is 15.5. The van der Waals surface area contributed by atoms with Gasteiger partial charge in [0.15, 0.2) is 0 Å². The third-order valence-electron chi connectivity index (χ3n) is 0. The quantitative estimate of drug-likeness (QED) is 0.447. The smallest absolute Gasteiger partial charge is 0.402 e. The summed E-state index contributed by atoms with van der Waals surface area (Å²) in [5, 5.41) is 21.5. The van der Waals surface area contributed by atoms with Crippen LogP contribution < -0.4 is 0 Å². The zero-order chi connectivity index (χ0) is 3.58. The standard InChI is InChI=1S/BH3O3.Cd.Tb/c2-1(3)4;;/h2-4H;;. The first-order valence-electron chi connectivity index (χ1n) is 0.775. The van der Waals surface area contributed by atoms with E-state index in [4.69, 9.17) is 15.1 Å². The molecule has 0 aliphatic carbocycles. The van der Waals surface area contributed by atoms with Crippen LogP contribution in [0.25, 0.3) is 0 Å². The zero-order valence-electron chi connectivity index (χ0n) is 2.96. The normalized spacial score (nSPS) is 4.50. The van der Waals surface area contributed by atoms with Crippen molar-refractivity contribution in [1.29, 1.82) is 0 Å². The maximum Gasteiger partial charge on any atom is 0.631 e. The van der Waals surface area contributed by atoms with E-state index >= 15 is 0 Å². The first-order valence-corrected chi connectivity index (χ1v) is 0.775. The molecule has 0 aromatic carbocycles. The second-order valence-electron chi connectivity index (χ2n) is 0.346. The van der Waals surface area contributed by atoms with Crippen LogP contribution in [0.5, 0.6) is 0 Å². The number of hydrogen-bond acceptors (Lipinski definition) is 3. The van der Waals surface area contributed by atoms with Crippen molar-refractivity contribution in [3.8, 4) is 0 Å². The molecule has 0 rings (SSSR count). The molecule has 6 heteroatoms. The van der Waals surface area contributed by atoms with Gasteiger partial charge in [-0.05, 0) is 0 Å². The van der Waals surface area contributed by atoms with Crippen molar-refractivity contribution < 1.29 is 81.0 Å². The molecular weight excluding hydrogens is 330 g/mol. The Morgan fingerprint density at radius 3 is 1.00 bits per heavy atom. The van der Waals surface area contributed by atoms with Gasteiger partial charge in [-0.25, -0.2) is 0 Å². The molecule has 0 bridgehead atoms. The average molecular weight is 333 g/mol. The summed E-state index contributed by atoms with van der Waals surface area (Å²) >= 11 is 0. The van der Waals surface area contributed by atoms with Gasteiger partial charge in [0.25, 0.3) is 0 Å². The summed E-state index contributed by atoms with van der Waals surface area (Å²) in [7, 11) is -2.17. The van der Waals surface area contributed by atoms with E-state index in [0.717, 1.165) is 0 Å². The molecule has 0 spiro atoms. The van der Waals surface area contributed by atoms with Crippen molar-refractivity contribution in [3.05, 3.63) is 0 Å². The Kier molecular flexibility index (Phi) is 26.7. The fourth-order valence-electron chi connectivity index (χ4n) is 0. The van der Waals surface area contributed by atoms with Gasteiger partial charge in [0.2, 0.25) is 0 Å². The van der Waals surface area contributed by atoms with Gasteiger partial charge in [-0.1, -0.05) is 0 Å². The van der Waals surface area contributed by atoms with Crippen molar-refractivity contribution in [2.24, 2.45) is 0 Å². The molecule has 3 N–H and O–H groups in total. The summed E-state index contributed by atoms with van der Waals surface area (Å²) < 4.78 is 0. The average Bonchev–Trinajstić information content (AvgIpc) is 0.811. The fourth-order valence-corrected chi connectivity index (χ4v) is 0. The molecule has 0 heterocycles. The Morgan fingerprint density at radius 1 is 1.00 bits per heavy atom. The van der Waals surface area contributed by atoms with Gasteiger partial charge in [0.05, 0.1) is 0 Å². The molecule has 0 aliphatic rings. The molecule has 3 nitrogen and oxygen atoms in total. The van der Waals surface area contributed by atoms with E-state index in [0.29, 0.717) is 0 Å². The molecule has 1 radical (unpaired) electrons. The monoisotopic (exact) mass is 335 g/mol. The van der Waals surface area contributed by atoms with Crippen molar-refractivity contribution >= 4 is 7.32 Å². The van der Waals surface area contributed by atoms with Crippen LogP contribution in [-0.2, 0) is 27.3 Å². The third kappa shape index (κ3) is 35.3. The predicted octanol–water partition coefficient (Wildman–Crippen LogP) is -2.05. The van der Waals surface area contributed by atoms with Gasteiger partial charge < -0.3 is 15.1 Å². The molecular formula is H3BCdO3Tb. The molecule has 0 saturated carbocycles. The van der Waals surface area contributed by atoms with Crippen molar-refractivity contribution in [3.63, 3.8) is 0 Å². The van der Waals surface area contributed by atoms with Crippen molar-refractivity contribution in [1.82, 2.24) is 0 Å². The van der Waals surface area contributed by atoms with Crippen LogP contribution in [0.4, 0.5) is 0 Å². The third-order valence-corrected chi connectivity index (χ3v) is 0. The van der Waals surface area contributed by atoms with E-state index < -0.39 is 7.32 Å². The van der Waals surface area contributed by atoms with E-state index in [9.17, 15) is 0 Å². The summed E-state index contributed by atoms with van der Waals surface area (Å²) in [5.41, 5.74) is 0. The maximum atomic E-state index is 7.17. The van der Waals surface area contributed by atoms with E-state index in [1.165, 1.54) is 0 Å². The van der Waals surface area contributed by atoms with Crippen LogP contribution in [0.3, 0.4) is 0 Å². The van der Waals surface area contributed by atoms with Gasteiger partial charge in [0.1, 0.15) is 0 Å². The first-order chi connectivity index (χ1) is 1.73. The van der Waals surface area contributed by atoms with Crippen molar-refractivity contribution in [2.75, 3.05) is 0 Å². The zero-order valence-corrected chi connectivity index (χ0v) is 9.13. The summed E-state index contributed by atoms with van der Waals surface area (Å²) in [6.45, 7) is 0. The second-order valence-corrected chi connectivity index (χ2v) is 0.346. The van der Waals surface area contributed by atoms with E-state index in [2.05, 4.69) is 0 Å². The van der Waals surface area contributed by atoms with E-state index in [1.54, 1.807) is 0 Å². The second kappa shape index (κ2) is 10.2. The van der Waals surface area contributed by atoms with E-state index in [-0.39, 0.29) is 65.9 Å². The summed E-state index contributed by atoms with van der Waals surface area (Å²) in [4.78, 5) is 0. The maximum absolute atomic E-state index is 7.17. The molecule has 35 valence electrons. The van der Waals surface area contributed by atoms with Gasteiger partial charge in [-0.2, -0.15) is 0 Å². The Hall–Kier alpha value is 2.15. The molecule has 0 aliphatic heterocycles. The van der Waals surface area contributed by atoms with Crippen molar-refractivity contribution in [2.45, 2.75) is 0 Å². The molecule has 6 heavy (non-hydrogen) atoms. The molecule has 0 fully saturated rings. The van der Waals surface area contributed by atoms with Gasteiger partial charge in [0, 0.05) is 65.9 Å². The molecule has 0 amide bonds. The van der Waals surface area contributed by atoms with Crippen LogP contribution in [0, 0.1) is 38.6 Å². The Labute approximate surface area is 86.9 Å². The SMILES string of the molecule is OB(O)O.[Cd].[Tb]. The summed E-state index contributed by atoms with van der Waals surface area (Å²) in [6.07, 6.45) is 0. The first kappa shape index (κ1) is 15.7. The summed E-state index contributed by atoms with van der Waals surface area (Å²) in [5.74, 6) is 0. The van der Waals surface area contributed by atoms with Crippen LogP contribution in [0.2, 0.25) is 0 Å². The van der Waals surface area contributed by atoms with Crippen LogP contribution in [-0.4, -0.2) is 22.4 Å². The Balaban J connectivity index is -0.0000000450. The van der Waals surface area contributed by atoms with Gasteiger partial charge in [-0.3, -0.25) is 0 Å². The van der Waals surface area contributed by atoms with Crippen LogP contribution in [0.15, 0.2) is 0 Å². The number of hydrogen-bond donors (Lipinski definition) is 3. The minimum atomic E-state index is -2.17. The topological polar surface area (TPSA) is 60.7 Å². The molecule has 0 aromatic rings. The van der Waals surface area contributed by atoms with Gasteiger partial charge >= 0.3 is 7.32 Å². The van der Waals surface area contributed by atoms with Gasteiger partial charge in [-0.15, -0.1) is 0 Å². The molecule has 0 atom stereocenters. The molecule has 0 aromatic heterocycles. The van der Waals surface area contributed by atoms with E-state index in [1.807, 2.05) is 0 Å². The van der Waals surface area contributed by atoms with Crippen LogP contribution in [0.1, 0.15) is 0 Å². The number of rotatable bonds is 0. The summed E-state index contributed by atoms with van der Waals surface area (Å²) in [6, 6.07) is 0. The Morgan fingerprint density at radius 2 is 1.00 bits per heavy atom. The minimum Gasteiger partial charge on any atom is -0.402 e. The van der Waals surface area contributed by atoms with Crippen LogP contribution >= 0.6 is 0 Å². The predicted molar refractivity (Wildman–Crippen MR) is 12.4 cm³/mol. The molecule has 0 unspecified atom stereocenters. The minimum absolute atomic E-state index is 0. The largest absolute Gasteiger partial charge is 0.631 e.